The van der Waals surface area contributed by atoms with Crippen molar-refractivity contribution in [1.29, 1.82) is 5.26 Å². The molecule has 1 aromatic carbocycles. The molecule has 13 heavy (non-hydrogen) atoms. The topological polar surface area (TPSA) is 48.7 Å². The number of anilines is 1. The average molecular weight is 189 g/mol. The van der Waals surface area contributed by atoms with Crippen LogP contribution in [0.5, 0.6) is 0 Å². The number of nitrogens with zero attached hydrogens (tertiary/aromatic N) is 2. The first-order chi connectivity index (χ1) is 6.31. The lowest BCUT2D eigenvalue weighted by Crippen LogP contribution is -1.83. The Morgan fingerprint density at radius 2 is 2.38 bits per heavy atom. The Balaban J connectivity index is 2.63. The van der Waals surface area contributed by atoms with E-state index >= 15 is 0 Å². The van der Waals surface area contributed by atoms with Gasteiger partial charge in [-0.15, -0.1) is 0 Å². The molecule has 0 aliphatic carbocycles. The van der Waals surface area contributed by atoms with Crippen molar-refractivity contribution >= 4 is 26.7 Å². The number of aromatic nitrogens is 1. The van der Waals surface area contributed by atoms with Crippen LogP contribution in [0.15, 0.2) is 18.2 Å². The van der Waals surface area contributed by atoms with Crippen LogP contribution >= 0.6 is 11.3 Å². The first-order valence-electron chi connectivity index (χ1n) is 3.82. The lowest BCUT2D eigenvalue weighted by atomic mass is 10.2. The third-order valence-corrected chi connectivity index (χ3v) is 2.90. The summed E-state index contributed by atoms with van der Waals surface area (Å²) in [6.45, 7) is 2.04. The number of hydrogen-bond donors (Lipinski definition) is 1. The second kappa shape index (κ2) is 3.04. The van der Waals surface area contributed by atoms with Crippen LogP contribution in [-0.2, 0) is 0 Å². The minimum absolute atomic E-state index is 0.659. The van der Waals surface area contributed by atoms with Gasteiger partial charge >= 0.3 is 0 Å². The highest BCUT2D eigenvalue weighted by atomic mass is 32.1. The number of aryl methyl sites for hydroxylation is 1. The van der Waals surface area contributed by atoms with E-state index in [1.165, 1.54) is 16.9 Å². The molecule has 64 valence electrons. The van der Waals surface area contributed by atoms with E-state index in [-0.39, 0.29) is 0 Å². The monoisotopic (exact) mass is 189 g/mol. The van der Waals surface area contributed by atoms with Gasteiger partial charge < -0.3 is 0 Å². The van der Waals surface area contributed by atoms with E-state index in [1.54, 1.807) is 0 Å². The number of nitrogens with one attached hydrogen (secondary N) is 1. The van der Waals surface area contributed by atoms with Crippen molar-refractivity contribution in [3.63, 3.8) is 0 Å². The van der Waals surface area contributed by atoms with E-state index in [0.717, 1.165) is 10.2 Å². The largest absolute Gasteiger partial charge is 0.268 e. The smallest absolute Gasteiger partial charge is 0.197 e. The van der Waals surface area contributed by atoms with Crippen molar-refractivity contribution in [3.05, 3.63) is 23.8 Å². The van der Waals surface area contributed by atoms with Crippen LogP contribution in [0, 0.1) is 18.4 Å². The summed E-state index contributed by atoms with van der Waals surface area (Å²) >= 11 is 1.50. The predicted octanol–water partition coefficient (Wildman–Crippen LogP) is 2.50. The molecule has 0 saturated heterocycles. The summed E-state index contributed by atoms with van der Waals surface area (Å²) in [5.74, 6) is 0. The highest BCUT2D eigenvalue weighted by Gasteiger charge is 2.03. The molecule has 0 spiro atoms. The first-order valence-corrected chi connectivity index (χ1v) is 4.64. The SMILES string of the molecule is Cc1cccc2nc(NC#N)sc12. The number of fused-ring (bicyclic) bond motifs is 1. The van der Waals surface area contributed by atoms with Crippen molar-refractivity contribution in [2.24, 2.45) is 0 Å². The molecule has 0 bridgehead atoms. The fourth-order valence-corrected chi connectivity index (χ4v) is 2.07. The predicted molar refractivity (Wildman–Crippen MR) is 53.6 cm³/mol. The molecule has 0 amide bonds. The summed E-state index contributed by atoms with van der Waals surface area (Å²) in [5, 5.41) is 11.6. The van der Waals surface area contributed by atoms with Gasteiger partial charge in [-0.3, -0.25) is 5.32 Å². The molecule has 0 fully saturated rings. The summed E-state index contributed by atoms with van der Waals surface area (Å²) in [5.41, 5.74) is 2.14. The van der Waals surface area contributed by atoms with Gasteiger partial charge in [0.15, 0.2) is 11.3 Å². The van der Waals surface area contributed by atoms with Crippen LogP contribution in [0.4, 0.5) is 5.13 Å². The lowest BCUT2D eigenvalue weighted by Gasteiger charge is -1.89. The number of hydrogen-bond acceptors (Lipinski definition) is 4. The molecule has 4 heteroatoms. The Hall–Kier alpha value is -1.60. The molecule has 0 unspecified atom stereocenters. The van der Waals surface area contributed by atoms with E-state index in [4.69, 9.17) is 5.26 Å². The Bertz CT molecular complexity index is 481. The molecule has 1 heterocycles. The standard InChI is InChI=1S/C9H7N3S/c1-6-3-2-4-7-8(6)13-9(12-7)11-5-10/h2-4H,1H3,(H,11,12). The first kappa shape index (κ1) is 8.02. The van der Waals surface area contributed by atoms with E-state index in [9.17, 15) is 0 Å². The Labute approximate surface area is 79.6 Å². The number of rotatable bonds is 1. The second-order valence-corrected chi connectivity index (χ2v) is 3.68. The zero-order valence-corrected chi connectivity index (χ0v) is 7.85. The average Bonchev–Trinajstić information content (AvgIpc) is 2.49. The third kappa shape index (κ3) is 1.34. The third-order valence-electron chi connectivity index (χ3n) is 1.77. The molecular weight excluding hydrogens is 182 g/mol. The Morgan fingerprint density at radius 3 is 3.08 bits per heavy atom. The number of benzene rings is 1. The molecule has 1 aromatic heterocycles. The van der Waals surface area contributed by atoms with Gasteiger partial charge in [-0.1, -0.05) is 23.5 Å². The molecule has 0 aliphatic heterocycles. The molecule has 1 N–H and O–H groups in total. The summed E-state index contributed by atoms with van der Waals surface area (Å²) < 4.78 is 1.14. The van der Waals surface area contributed by atoms with Crippen LogP contribution < -0.4 is 5.32 Å². The maximum atomic E-state index is 8.42. The van der Waals surface area contributed by atoms with Gasteiger partial charge in [0.25, 0.3) is 0 Å². The molecule has 0 aliphatic rings. The van der Waals surface area contributed by atoms with Crippen molar-refractivity contribution in [2.45, 2.75) is 6.92 Å². The molecule has 2 rings (SSSR count). The maximum Gasteiger partial charge on any atom is 0.197 e. The van der Waals surface area contributed by atoms with Crippen LogP contribution in [-0.4, -0.2) is 4.98 Å². The molecular formula is C9H7N3S. The Kier molecular flexibility index (Phi) is 1.87. The summed E-state index contributed by atoms with van der Waals surface area (Å²) in [6.07, 6.45) is 1.86. The van der Waals surface area contributed by atoms with Crippen LogP contribution in [0.25, 0.3) is 10.2 Å². The quantitative estimate of drug-likeness (QED) is 0.554. The minimum Gasteiger partial charge on any atom is -0.268 e. The zero-order chi connectivity index (χ0) is 9.26. The van der Waals surface area contributed by atoms with Gasteiger partial charge in [-0.2, -0.15) is 5.26 Å². The van der Waals surface area contributed by atoms with Crippen LogP contribution in [0.1, 0.15) is 5.56 Å². The molecule has 0 radical (unpaired) electrons. The van der Waals surface area contributed by atoms with E-state index in [0.29, 0.717) is 5.13 Å². The van der Waals surface area contributed by atoms with Crippen LogP contribution in [0.3, 0.4) is 0 Å². The maximum absolute atomic E-state index is 8.42. The van der Waals surface area contributed by atoms with Gasteiger partial charge in [0.2, 0.25) is 0 Å². The van der Waals surface area contributed by atoms with E-state index < -0.39 is 0 Å². The number of nitriles is 1. The normalized spacial score (nSPS) is 9.85. The highest BCUT2D eigenvalue weighted by Crippen LogP contribution is 2.27. The van der Waals surface area contributed by atoms with Crippen molar-refractivity contribution in [3.8, 4) is 6.19 Å². The highest BCUT2D eigenvalue weighted by molar-refractivity contribution is 7.22. The van der Waals surface area contributed by atoms with E-state index in [1.807, 2.05) is 31.3 Å². The Morgan fingerprint density at radius 1 is 1.54 bits per heavy atom. The van der Waals surface area contributed by atoms with Gasteiger partial charge in [0, 0.05) is 0 Å². The molecule has 0 atom stereocenters. The summed E-state index contributed by atoms with van der Waals surface area (Å²) in [6, 6.07) is 5.95. The summed E-state index contributed by atoms with van der Waals surface area (Å²) in [7, 11) is 0. The fourth-order valence-electron chi connectivity index (χ4n) is 1.19. The fraction of sp³-hybridized carbons (Fsp3) is 0.111. The van der Waals surface area contributed by atoms with Crippen molar-refractivity contribution in [2.75, 3.05) is 5.32 Å². The van der Waals surface area contributed by atoms with Gasteiger partial charge in [-0.25, -0.2) is 4.98 Å². The lowest BCUT2D eigenvalue weighted by molar-refractivity contribution is 1.42. The van der Waals surface area contributed by atoms with Crippen molar-refractivity contribution in [1.82, 2.24) is 4.98 Å². The second-order valence-electron chi connectivity index (χ2n) is 2.68. The number of thiazole rings is 1. The van der Waals surface area contributed by atoms with E-state index in [2.05, 4.69) is 10.3 Å². The summed E-state index contributed by atoms with van der Waals surface area (Å²) in [4.78, 5) is 4.25. The van der Waals surface area contributed by atoms with Crippen molar-refractivity contribution < 1.29 is 0 Å². The molecule has 2 aromatic rings. The minimum atomic E-state index is 0.659. The van der Waals surface area contributed by atoms with Gasteiger partial charge in [-0.05, 0) is 18.6 Å². The zero-order valence-electron chi connectivity index (χ0n) is 7.03. The molecule has 0 saturated carbocycles. The van der Waals surface area contributed by atoms with Gasteiger partial charge in [0.1, 0.15) is 0 Å². The van der Waals surface area contributed by atoms with Crippen LogP contribution in [0.2, 0.25) is 0 Å². The molecule has 3 nitrogen and oxygen atoms in total. The van der Waals surface area contributed by atoms with Gasteiger partial charge in [0.05, 0.1) is 10.2 Å².